The van der Waals surface area contributed by atoms with Crippen LogP contribution in [0.25, 0.3) is 0 Å². The summed E-state index contributed by atoms with van der Waals surface area (Å²) in [6, 6.07) is 14.2. The lowest BCUT2D eigenvalue weighted by Crippen LogP contribution is -2.32. The predicted molar refractivity (Wildman–Crippen MR) is 111 cm³/mol. The zero-order valence-corrected chi connectivity index (χ0v) is 17.4. The van der Waals surface area contributed by atoms with E-state index in [0.29, 0.717) is 17.9 Å². The van der Waals surface area contributed by atoms with E-state index in [4.69, 9.17) is 4.74 Å². The van der Waals surface area contributed by atoms with Gasteiger partial charge >= 0.3 is 0 Å². The van der Waals surface area contributed by atoms with E-state index in [9.17, 15) is 13.2 Å². The third-order valence-electron chi connectivity index (χ3n) is 3.98. The fourth-order valence-corrected chi connectivity index (χ4v) is 3.30. The Balaban J connectivity index is 2.06. The lowest BCUT2D eigenvalue weighted by molar-refractivity contribution is -0.122. The number of benzene rings is 2. The van der Waals surface area contributed by atoms with Gasteiger partial charge in [-0.25, -0.2) is 8.42 Å². The number of carbonyl (C=O) groups excluding carboxylic acids is 1. The molecule has 0 spiro atoms. The number of ether oxygens (including phenoxy) is 1. The molecule has 0 bridgehead atoms. The summed E-state index contributed by atoms with van der Waals surface area (Å²) in [5, 5.41) is 2.87. The van der Waals surface area contributed by atoms with Crippen molar-refractivity contribution in [1.82, 2.24) is 0 Å². The maximum absolute atomic E-state index is 12.5. The number of amides is 1. The Morgan fingerprint density at radius 1 is 1.22 bits per heavy atom. The maximum atomic E-state index is 12.5. The SMILES string of the molecule is CCC(Oc1ccc(N(C)S(C)(=O)=O)cc1)C(=O)Nc1cccc(SC)c1. The zero-order valence-electron chi connectivity index (χ0n) is 15.8. The molecule has 0 aliphatic heterocycles. The molecule has 8 heteroatoms. The summed E-state index contributed by atoms with van der Waals surface area (Å²) >= 11 is 1.60. The second-order valence-corrected chi connectivity index (χ2v) is 8.85. The number of rotatable bonds is 8. The van der Waals surface area contributed by atoms with Gasteiger partial charge in [0.1, 0.15) is 5.75 Å². The number of anilines is 2. The van der Waals surface area contributed by atoms with Crippen molar-refractivity contribution in [3.05, 3.63) is 48.5 Å². The highest BCUT2D eigenvalue weighted by Crippen LogP contribution is 2.23. The van der Waals surface area contributed by atoms with E-state index in [1.807, 2.05) is 37.4 Å². The topological polar surface area (TPSA) is 75.7 Å². The summed E-state index contributed by atoms with van der Waals surface area (Å²) in [6.07, 6.45) is 2.96. The molecular formula is C19H24N2O4S2. The smallest absolute Gasteiger partial charge is 0.265 e. The van der Waals surface area contributed by atoms with Crippen molar-refractivity contribution in [2.45, 2.75) is 24.3 Å². The molecule has 2 aromatic rings. The van der Waals surface area contributed by atoms with Gasteiger partial charge in [0.2, 0.25) is 10.0 Å². The Morgan fingerprint density at radius 2 is 1.89 bits per heavy atom. The highest BCUT2D eigenvalue weighted by Gasteiger charge is 2.19. The minimum Gasteiger partial charge on any atom is -0.481 e. The molecular weight excluding hydrogens is 384 g/mol. The van der Waals surface area contributed by atoms with E-state index in [1.165, 1.54) is 11.4 Å². The van der Waals surface area contributed by atoms with E-state index in [0.717, 1.165) is 16.8 Å². The number of hydrogen-bond acceptors (Lipinski definition) is 5. The minimum atomic E-state index is -3.32. The molecule has 0 aromatic heterocycles. The first-order chi connectivity index (χ1) is 12.7. The van der Waals surface area contributed by atoms with Crippen LogP contribution in [0, 0.1) is 0 Å². The van der Waals surface area contributed by atoms with Crippen LogP contribution < -0.4 is 14.4 Å². The third kappa shape index (κ3) is 5.90. The van der Waals surface area contributed by atoms with E-state index >= 15 is 0 Å². The highest BCUT2D eigenvalue weighted by atomic mass is 32.2. The van der Waals surface area contributed by atoms with E-state index in [2.05, 4.69) is 5.32 Å². The first kappa shape index (κ1) is 21.1. The third-order valence-corrected chi connectivity index (χ3v) is 5.91. The first-order valence-electron chi connectivity index (χ1n) is 8.40. The average molecular weight is 409 g/mol. The number of nitrogens with one attached hydrogen (secondary N) is 1. The zero-order chi connectivity index (χ0) is 20.0. The number of sulfonamides is 1. The molecule has 0 saturated carbocycles. The van der Waals surface area contributed by atoms with Gasteiger partial charge in [0.15, 0.2) is 6.10 Å². The molecule has 2 aromatic carbocycles. The summed E-state index contributed by atoms with van der Waals surface area (Å²) in [7, 11) is -1.84. The van der Waals surface area contributed by atoms with Gasteiger partial charge < -0.3 is 10.1 Å². The van der Waals surface area contributed by atoms with Crippen LogP contribution in [0.4, 0.5) is 11.4 Å². The van der Waals surface area contributed by atoms with Gasteiger partial charge in [-0.3, -0.25) is 9.10 Å². The van der Waals surface area contributed by atoms with Gasteiger partial charge in [-0.1, -0.05) is 13.0 Å². The van der Waals surface area contributed by atoms with Crippen molar-refractivity contribution >= 4 is 39.1 Å². The molecule has 0 saturated heterocycles. The standard InChI is InChI=1S/C19H24N2O4S2/c1-5-18(19(22)20-14-7-6-8-17(13-14)26-3)25-16-11-9-15(10-12-16)21(2)27(4,23)24/h6-13,18H,5H2,1-4H3,(H,20,22). The van der Waals surface area contributed by atoms with Gasteiger partial charge in [0, 0.05) is 17.6 Å². The van der Waals surface area contributed by atoms with Crippen molar-refractivity contribution in [3.63, 3.8) is 0 Å². The normalized spacial score (nSPS) is 12.3. The monoisotopic (exact) mass is 408 g/mol. The van der Waals surface area contributed by atoms with E-state index in [-0.39, 0.29) is 5.91 Å². The van der Waals surface area contributed by atoms with Gasteiger partial charge in [0.05, 0.1) is 11.9 Å². The van der Waals surface area contributed by atoms with Crippen LogP contribution in [0.3, 0.4) is 0 Å². The Morgan fingerprint density at radius 3 is 2.44 bits per heavy atom. The van der Waals surface area contributed by atoms with Crippen LogP contribution in [-0.4, -0.2) is 40.0 Å². The van der Waals surface area contributed by atoms with Crippen LogP contribution in [-0.2, 0) is 14.8 Å². The van der Waals surface area contributed by atoms with Crippen molar-refractivity contribution in [2.24, 2.45) is 0 Å². The number of hydrogen-bond donors (Lipinski definition) is 1. The van der Waals surface area contributed by atoms with Gasteiger partial charge in [-0.2, -0.15) is 0 Å². The quantitative estimate of drug-likeness (QED) is 0.676. The van der Waals surface area contributed by atoms with Crippen molar-refractivity contribution in [2.75, 3.05) is 29.2 Å². The molecule has 0 fully saturated rings. The van der Waals surface area contributed by atoms with Crippen LogP contribution in [0.2, 0.25) is 0 Å². The molecule has 2 rings (SSSR count). The molecule has 1 unspecified atom stereocenters. The van der Waals surface area contributed by atoms with E-state index < -0.39 is 16.1 Å². The number of carbonyl (C=O) groups is 1. The Labute approximate surface area is 165 Å². The molecule has 6 nitrogen and oxygen atoms in total. The summed E-state index contributed by atoms with van der Waals surface area (Å²) in [5.41, 5.74) is 1.25. The van der Waals surface area contributed by atoms with Crippen molar-refractivity contribution in [1.29, 1.82) is 0 Å². The van der Waals surface area contributed by atoms with Gasteiger partial charge in [-0.05, 0) is 55.1 Å². The molecule has 1 atom stereocenters. The van der Waals surface area contributed by atoms with Crippen LogP contribution >= 0.6 is 11.8 Å². The lowest BCUT2D eigenvalue weighted by Gasteiger charge is -2.19. The van der Waals surface area contributed by atoms with Crippen LogP contribution in [0.5, 0.6) is 5.75 Å². The summed E-state index contributed by atoms with van der Waals surface area (Å²) in [5.74, 6) is 0.272. The van der Waals surface area contributed by atoms with Crippen molar-refractivity contribution < 1.29 is 17.9 Å². The number of thioether (sulfide) groups is 1. The first-order valence-corrected chi connectivity index (χ1v) is 11.5. The lowest BCUT2D eigenvalue weighted by atomic mass is 10.2. The molecule has 0 radical (unpaired) electrons. The largest absolute Gasteiger partial charge is 0.481 e. The molecule has 0 aliphatic rings. The molecule has 0 heterocycles. The maximum Gasteiger partial charge on any atom is 0.265 e. The molecule has 1 amide bonds. The summed E-state index contributed by atoms with van der Waals surface area (Å²) < 4.78 is 30.1. The average Bonchev–Trinajstić information content (AvgIpc) is 2.65. The summed E-state index contributed by atoms with van der Waals surface area (Å²) in [4.78, 5) is 13.6. The number of nitrogens with zero attached hydrogens (tertiary/aromatic N) is 1. The molecule has 1 N–H and O–H groups in total. The molecule has 146 valence electrons. The molecule has 27 heavy (non-hydrogen) atoms. The van der Waals surface area contributed by atoms with E-state index in [1.54, 1.807) is 36.0 Å². The van der Waals surface area contributed by atoms with Crippen LogP contribution in [0.1, 0.15) is 13.3 Å². The Hall–Kier alpha value is -2.19. The highest BCUT2D eigenvalue weighted by molar-refractivity contribution is 7.98. The summed E-state index contributed by atoms with van der Waals surface area (Å²) in [6.45, 7) is 1.87. The molecule has 0 aliphatic carbocycles. The second kappa shape index (κ2) is 9.14. The predicted octanol–water partition coefficient (Wildman–Crippen LogP) is 3.60. The Bertz CT molecular complexity index is 883. The van der Waals surface area contributed by atoms with Crippen molar-refractivity contribution in [3.8, 4) is 5.75 Å². The van der Waals surface area contributed by atoms with Gasteiger partial charge in [0.25, 0.3) is 5.91 Å². The minimum absolute atomic E-state index is 0.229. The van der Waals surface area contributed by atoms with Gasteiger partial charge in [-0.15, -0.1) is 11.8 Å². The second-order valence-electron chi connectivity index (χ2n) is 5.96. The fraction of sp³-hybridized carbons (Fsp3) is 0.316. The fourth-order valence-electron chi connectivity index (χ4n) is 2.34. The Kier molecular flexibility index (Phi) is 7.15. The van der Waals surface area contributed by atoms with Crippen LogP contribution in [0.15, 0.2) is 53.4 Å².